The molecule has 0 aromatic heterocycles. The van der Waals surface area contributed by atoms with Gasteiger partial charge in [0, 0.05) is 34.4 Å². The topological polar surface area (TPSA) is 20.3 Å². The molecule has 0 bridgehead atoms. The minimum absolute atomic E-state index is 0.245. The molecule has 1 aliphatic rings. The van der Waals surface area contributed by atoms with Gasteiger partial charge in [-0.2, -0.15) is 0 Å². The summed E-state index contributed by atoms with van der Waals surface area (Å²) < 4.78 is 11.2. The van der Waals surface area contributed by atoms with Crippen LogP contribution in [0.3, 0.4) is 0 Å². The monoisotopic (exact) mass is 189 g/mol. The quantitative estimate of drug-likeness (QED) is 0.571. The Morgan fingerprint density at radius 3 is 2.42 bits per heavy atom. The summed E-state index contributed by atoms with van der Waals surface area (Å²) in [5, 5.41) is 0. The van der Waals surface area contributed by atoms with Gasteiger partial charge in [-0.3, -0.25) is 9.11 Å². The van der Waals surface area contributed by atoms with Gasteiger partial charge in [-0.1, -0.05) is 0 Å². The molecule has 0 N–H and O–H groups in total. The Bertz CT molecular complexity index is 174. The van der Waals surface area contributed by atoms with Crippen molar-refractivity contribution in [3.63, 3.8) is 0 Å². The largest absolute Gasteiger partial charge is 0.298 e. The molecular weight excluding hydrogens is 170 g/mol. The summed E-state index contributed by atoms with van der Waals surface area (Å²) >= 11 is 0. The normalized spacial score (nSPS) is 28.4. The first-order valence-electron chi connectivity index (χ1n) is 4.60. The summed E-state index contributed by atoms with van der Waals surface area (Å²) in [6.45, 7) is 8.77. The number of hydrogen-bond acceptors (Lipinski definition) is 2. The van der Waals surface area contributed by atoms with Gasteiger partial charge in [0.25, 0.3) is 0 Å². The van der Waals surface area contributed by atoms with Gasteiger partial charge in [0.15, 0.2) is 0 Å². The van der Waals surface area contributed by atoms with E-state index < -0.39 is 10.8 Å². The molecule has 1 rings (SSSR count). The summed E-state index contributed by atoms with van der Waals surface area (Å²) in [7, 11) is -0.555. The fraction of sp³-hybridized carbons (Fsp3) is 1.00. The minimum atomic E-state index is -0.555. The van der Waals surface area contributed by atoms with Gasteiger partial charge in [0.1, 0.15) is 0 Å². The minimum Gasteiger partial charge on any atom is -0.298 e. The zero-order valence-electron chi connectivity index (χ0n) is 8.30. The molecule has 0 aliphatic carbocycles. The molecule has 1 saturated heterocycles. The van der Waals surface area contributed by atoms with E-state index in [1.54, 1.807) is 0 Å². The Hall–Kier alpha value is 0.110. The average molecular weight is 189 g/mol. The van der Waals surface area contributed by atoms with Gasteiger partial charge in [0.2, 0.25) is 0 Å². The lowest BCUT2D eigenvalue weighted by atomic mass is 10.1. The molecule has 2 nitrogen and oxygen atoms in total. The maximum atomic E-state index is 11.2. The summed E-state index contributed by atoms with van der Waals surface area (Å²) in [5.41, 5.74) is 0.245. The smallest absolute Gasteiger partial charge is 0.0362 e. The third-order valence-electron chi connectivity index (χ3n) is 2.34. The molecule has 12 heavy (non-hydrogen) atoms. The maximum absolute atomic E-state index is 11.2. The second-order valence-electron chi connectivity index (χ2n) is 4.36. The van der Waals surface area contributed by atoms with E-state index in [9.17, 15) is 4.21 Å². The van der Waals surface area contributed by atoms with Crippen molar-refractivity contribution in [2.24, 2.45) is 0 Å². The van der Waals surface area contributed by atoms with Crippen molar-refractivity contribution in [3.05, 3.63) is 0 Å². The van der Waals surface area contributed by atoms with Crippen LogP contribution in [0.5, 0.6) is 0 Å². The fourth-order valence-corrected chi connectivity index (χ4v) is 2.59. The molecule has 1 aliphatic heterocycles. The summed E-state index contributed by atoms with van der Waals surface area (Å²) in [5.74, 6) is 1.75. The second kappa shape index (κ2) is 3.88. The van der Waals surface area contributed by atoms with Crippen LogP contribution in [-0.2, 0) is 10.8 Å². The van der Waals surface area contributed by atoms with Crippen molar-refractivity contribution < 1.29 is 4.21 Å². The Labute approximate surface area is 77.8 Å². The standard InChI is InChI=1S/C9H19NOS/c1-9(2,3)10-5-4-7-12(11)8-6-10/h4-8H2,1-3H3/t12-/m1/s1. The van der Waals surface area contributed by atoms with Crippen molar-refractivity contribution >= 4 is 10.8 Å². The van der Waals surface area contributed by atoms with Crippen LogP contribution in [0.25, 0.3) is 0 Å². The molecule has 0 aromatic carbocycles. The van der Waals surface area contributed by atoms with Crippen LogP contribution < -0.4 is 0 Å². The van der Waals surface area contributed by atoms with E-state index in [1.165, 1.54) is 0 Å². The van der Waals surface area contributed by atoms with Crippen LogP contribution in [0.1, 0.15) is 27.2 Å². The van der Waals surface area contributed by atoms with Gasteiger partial charge in [0.05, 0.1) is 0 Å². The molecule has 72 valence electrons. The zero-order chi connectivity index (χ0) is 9.19. The second-order valence-corrected chi connectivity index (χ2v) is 6.06. The molecule has 1 heterocycles. The highest BCUT2D eigenvalue weighted by molar-refractivity contribution is 7.85. The van der Waals surface area contributed by atoms with E-state index in [0.29, 0.717) is 0 Å². The van der Waals surface area contributed by atoms with Crippen molar-refractivity contribution in [3.8, 4) is 0 Å². The molecule has 3 heteroatoms. The lowest BCUT2D eigenvalue weighted by Crippen LogP contribution is -2.42. The Morgan fingerprint density at radius 1 is 1.17 bits per heavy atom. The van der Waals surface area contributed by atoms with Gasteiger partial charge in [-0.15, -0.1) is 0 Å². The first-order valence-corrected chi connectivity index (χ1v) is 6.09. The summed E-state index contributed by atoms with van der Waals surface area (Å²) in [4.78, 5) is 2.43. The molecule has 0 amide bonds. The highest BCUT2D eigenvalue weighted by atomic mass is 32.2. The molecule has 0 aromatic rings. The van der Waals surface area contributed by atoms with E-state index >= 15 is 0 Å². The molecular formula is C9H19NOS. The third-order valence-corrected chi connectivity index (χ3v) is 3.72. The predicted octanol–water partition coefficient (Wildman–Crippen LogP) is 1.24. The van der Waals surface area contributed by atoms with E-state index in [2.05, 4.69) is 25.7 Å². The first kappa shape index (κ1) is 10.2. The number of hydrogen-bond donors (Lipinski definition) is 0. The van der Waals surface area contributed by atoms with E-state index in [-0.39, 0.29) is 5.54 Å². The van der Waals surface area contributed by atoms with Crippen molar-refractivity contribution in [1.82, 2.24) is 4.90 Å². The zero-order valence-corrected chi connectivity index (χ0v) is 9.12. The maximum Gasteiger partial charge on any atom is 0.0362 e. The van der Waals surface area contributed by atoms with Gasteiger partial charge in [-0.25, -0.2) is 0 Å². The SMILES string of the molecule is CC(C)(C)N1CCC[S@@](=O)CC1. The van der Waals surface area contributed by atoms with Gasteiger partial charge < -0.3 is 0 Å². The molecule has 1 fully saturated rings. The van der Waals surface area contributed by atoms with Crippen LogP contribution in [0.4, 0.5) is 0 Å². The van der Waals surface area contributed by atoms with Crippen molar-refractivity contribution in [2.75, 3.05) is 24.6 Å². The summed E-state index contributed by atoms with van der Waals surface area (Å²) in [6.07, 6.45) is 1.09. The van der Waals surface area contributed by atoms with Crippen LogP contribution >= 0.6 is 0 Å². The lowest BCUT2D eigenvalue weighted by Gasteiger charge is -2.34. The van der Waals surface area contributed by atoms with Crippen LogP contribution in [-0.4, -0.2) is 39.2 Å². The highest BCUT2D eigenvalue weighted by Gasteiger charge is 2.23. The van der Waals surface area contributed by atoms with E-state index in [4.69, 9.17) is 0 Å². The Balaban J connectivity index is 2.52. The van der Waals surface area contributed by atoms with Gasteiger partial charge >= 0.3 is 0 Å². The predicted molar refractivity (Wildman–Crippen MR) is 53.8 cm³/mol. The highest BCUT2D eigenvalue weighted by Crippen LogP contribution is 2.15. The molecule has 0 saturated carbocycles. The van der Waals surface area contributed by atoms with Gasteiger partial charge in [-0.05, 0) is 33.7 Å². The fourth-order valence-electron chi connectivity index (χ4n) is 1.51. The van der Waals surface area contributed by atoms with Crippen LogP contribution in [0, 0.1) is 0 Å². The Kier molecular flexibility index (Phi) is 3.29. The Morgan fingerprint density at radius 2 is 1.83 bits per heavy atom. The van der Waals surface area contributed by atoms with Crippen molar-refractivity contribution in [2.45, 2.75) is 32.7 Å². The number of rotatable bonds is 0. The molecule has 0 radical (unpaired) electrons. The third kappa shape index (κ3) is 2.87. The van der Waals surface area contributed by atoms with Crippen LogP contribution in [0.15, 0.2) is 0 Å². The number of nitrogens with zero attached hydrogens (tertiary/aromatic N) is 1. The average Bonchev–Trinajstić information content (AvgIpc) is 2.11. The molecule has 0 unspecified atom stereocenters. The van der Waals surface area contributed by atoms with E-state index in [1.807, 2.05) is 0 Å². The first-order chi connectivity index (χ1) is 5.50. The van der Waals surface area contributed by atoms with Crippen molar-refractivity contribution in [1.29, 1.82) is 0 Å². The lowest BCUT2D eigenvalue weighted by molar-refractivity contribution is 0.149. The molecule has 1 atom stereocenters. The summed E-state index contributed by atoms with van der Waals surface area (Å²) in [6, 6.07) is 0. The van der Waals surface area contributed by atoms with Crippen LogP contribution in [0.2, 0.25) is 0 Å². The van der Waals surface area contributed by atoms with E-state index in [0.717, 1.165) is 31.0 Å². The molecule has 0 spiro atoms.